The molecule has 2 fully saturated rings. The Morgan fingerprint density at radius 3 is 2.76 bits per heavy atom. The molecule has 1 aromatic rings. The molecule has 0 spiro atoms. The fourth-order valence-electron chi connectivity index (χ4n) is 3.81. The summed E-state index contributed by atoms with van der Waals surface area (Å²) in [4.78, 5) is 14.7. The minimum absolute atomic E-state index is 0.109. The molecule has 0 radical (unpaired) electrons. The SMILES string of the molecule is COc1cc(C(=O)N2CCC3CCCCC3C2)ccc1N. The van der Waals surface area contributed by atoms with Gasteiger partial charge in [-0.2, -0.15) is 0 Å². The van der Waals surface area contributed by atoms with Crippen molar-refractivity contribution in [2.45, 2.75) is 32.1 Å². The van der Waals surface area contributed by atoms with E-state index in [1.54, 1.807) is 25.3 Å². The number of hydrogen-bond donors (Lipinski definition) is 1. The molecule has 2 N–H and O–H groups in total. The smallest absolute Gasteiger partial charge is 0.254 e. The fourth-order valence-corrected chi connectivity index (χ4v) is 3.81. The van der Waals surface area contributed by atoms with Crippen LogP contribution in [0.1, 0.15) is 42.5 Å². The predicted octanol–water partition coefficient (Wildman–Crippen LogP) is 2.93. The number of rotatable bonds is 2. The largest absolute Gasteiger partial charge is 0.495 e. The van der Waals surface area contributed by atoms with Crippen molar-refractivity contribution in [2.75, 3.05) is 25.9 Å². The molecule has 114 valence electrons. The minimum atomic E-state index is 0.109. The van der Waals surface area contributed by atoms with Crippen molar-refractivity contribution >= 4 is 11.6 Å². The highest BCUT2D eigenvalue weighted by atomic mass is 16.5. The van der Waals surface area contributed by atoms with Crippen LogP contribution in [0.2, 0.25) is 0 Å². The van der Waals surface area contributed by atoms with Gasteiger partial charge in [0.05, 0.1) is 12.8 Å². The first kappa shape index (κ1) is 14.2. The molecule has 2 atom stereocenters. The molecule has 2 unspecified atom stereocenters. The van der Waals surface area contributed by atoms with E-state index < -0.39 is 0 Å². The zero-order valence-electron chi connectivity index (χ0n) is 12.7. The maximum Gasteiger partial charge on any atom is 0.254 e. The van der Waals surface area contributed by atoms with Gasteiger partial charge in [0.2, 0.25) is 0 Å². The van der Waals surface area contributed by atoms with E-state index in [-0.39, 0.29) is 5.91 Å². The summed E-state index contributed by atoms with van der Waals surface area (Å²) in [6, 6.07) is 5.30. The van der Waals surface area contributed by atoms with Crippen molar-refractivity contribution in [2.24, 2.45) is 11.8 Å². The van der Waals surface area contributed by atoms with Crippen LogP contribution in [0.5, 0.6) is 5.75 Å². The normalized spacial score (nSPS) is 25.3. The summed E-state index contributed by atoms with van der Waals surface area (Å²) >= 11 is 0. The number of anilines is 1. The van der Waals surface area contributed by atoms with Crippen LogP contribution in [0, 0.1) is 11.8 Å². The van der Waals surface area contributed by atoms with E-state index in [2.05, 4.69) is 0 Å². The van der Waals surface area contributed by atoms with Crippen molar-refractivity contribution in [1.82, 2.24) is 4.90 Å². The average Bonchev–Trinajstić information content (AvgIpc) is 2.54. The number of fused-ring (bicyclic) bond motifs is 1. The molecule has 1 aliphatic heterocycles. The molecule has 1 aliphatic carbocycles. The second-order valence-electron chi connectivity index (χ2n) is 6.30. The van der Waals surface area contributed by atoms with E-state index in [1.807, 2.05) is 4.90 Å². The minimum Gasteiger partial charge on any atom is -0.495 e. The summed E-state index contributed by atoms with van der Waals surface area (Å²) in [6.07, 6.45) is 6.47. The third-order valence-electron chi connectivity index (χ3n) is 5.06. The van der Waals surface area contributed by atoms with Crippen molar-refractivity contribution in [3.05, 3.63) is 23.8 Å². The molecule has 1 saturated carbocycles. The van der Waals surface area contributed by atoms with E-state index >= 15 is 0 Å². The number of amides is 1. The second-order valence-corrected chi connectivity index (χ2v) is 6.30. The monoisotopic (exact) mass is 288 g/mol. The molecule has 1 saturated heterocycles. The zero-order valence-corrected chi connectivity index (χ0v) is 12.7. The number of nitrogen functional groups attached to an aromatic ring is 1. The van der Waals surface area contributed by atoms with E-state index in [9.17, 15) is 4.79 Å². The highest BCUT2D eigenvalue weighted by Gasteiger charge is 2.33. The lowest BCUT2D eigenvalue weighted by atomic mass is 9.75. The van der Waals surface area contributed by atoms with Crippen LogP contribution in [0.3, 0.4) is 0 Å². The lowest BCUT2D eigenvalue weighted by molar-refractivity contribution is 0.0520. The summed E-state index contributed by atoms with van der Waals surface area (Å²) in [7, 11) is 1.58. The molecule has 0 aromatic heterocycles. The van der Waals surface area contributed by atoms with Gasteiger partial charge in [-0.15, -0.1) is 0 Å². The highest BCUT2D eigenvalue weighted by molar-refractivity contribution is 5.95. The maximum atomic E-state index is 12.7. The fraction of sp³-hybridized carbons (Fsp3) is 0.588. The third kappa shape index (κ3) is 2.85. The van der Waals surface area contributed by atoms with Crippen LogP contribution in [-0.4, -0.2) is 31.0 Å². The van der Waals surface area contributed by atoms with Crippen LogP contribution in [0.25, 0.3) is 0 Å². The molecular formula is C17H24N2O2. The molecule has 1 aromatic carbocycles. The van der Waals surface area contributed by atoms with E-state index in [4.69, 9.17) is 10.5 Å². The molecule has 2 aliphatic rings. The lowest BCUT2D eigenvalue weighted by Gasteiger charge is -2.41. The van der Waals surface area contributed by atoms with Crippen molar-refractivity contribution in [3.8, 4) is 5.75 Å². The number of nitrogens with zero attached hydrogens (tertiary/aromatic N) is 1. The summed E-state index contributed by atoms with van der Waals surface area (Å²) in [5.74, 6) is 2.22. The van der Waals surface area contributed by atoms with Gasteiger partial charge in [0.1, 0.15) is 5.75 Å². The van der Waals surface area contributed by atoms with Crippen LogP contribution < -0.4 is 10.5 Å². The molecule has 1 amide bonds. The van der Waals surface area contributed by atoms with Gasteiger partial charge in [0, 0.05) is 18.7 Å². The Labute approximate surface area is 126 Å². The number of nitrogens with two attached hydrogens (primary N) is 1. The highest BCUT2D eigenvalue weighted by Crippen LogP contribution is 2.36. The van der Waals surface area contributed by atoms with E-state index in [0.717, 1.165) is 25.4 Å². The molecule has 3 rings (SSSR count). The molecule has 0 bridgehead atoms. The van der Waals surface area contributed by atoms with Crippen molar-refractivity contribution < 1.29 is 9.53 Å². The Kier molecular flexibility index (Phi) is 4.04. The summed E-state index contributed by atoms with van der Waals surface area (Å²) in [5, 5.41) is 0. The number of ether oxygens (including phenoxy) is 1. The Morgan fingerprint density at radius 1 is 1.24 bits per heavy atom. The number of carbonyl (C=O) groups is 1. The Bertz CT molecular complexity index is 530. The zero-order chi connectivity index (χ0) is 14.8. The van der Waals surface area contributed by atoms with Gasteiger partial charge in [0.15, 0.2) is 0 Å². The summed E-state index contributed by atoms with van der Waals surface area (Å²) < 4.78 is 5.21. The van der Waals surface area contributed by atoms with E-state index in [0.29, 0.717) is 22.9 Å². The molecular weight excluding hydrogens is 264 g/mol. The van der Waals surface area contributed by atoms with E-state index in [1.165, 1.54) is 25.7 Å². The quantitative estimate of drug-likeness (QED) is 0.851. The van der Waals surface area contributed by atoms with Crippen molar-refractivity contribution in [1.29, 1.82) is 0 Å². The van der Waals surface area contributed by atoms with Crippen LogP contribution in [0.15, 0.2) is 18.2 Å². The first-order valence-corrected chi connectivity index (χ1v) is 7.92. The number of hydrogen-bond acceptors (Lipinski definition) is 3. The number of carbonyl (C=O) groups excluding carboxylic acids is 1. The Morgan fingerprint density at radius 2 is 2.00 bits per heavy atom. The van der Waals surface area contributed by atoms with Gasteiger partial charge in [0.25, 0.3) is 5.91 Å². The topological polar surface area (TPSA) is 55.6 Å². The van der Waals surface area contributed by atoms with Crippen LogP contribution >= 0.6 is 0 Å². The number of benzene rings is 1. The number of piperidine rings is 1. The van der Waals surface area contributed by atoms with Gasteiger partial charge in [-0.05, 0) is 42.9 Å². The number of likely N-dealkylation sites (tertiary alicyclic amines) is 1. The molecule has 1 heterocycles. The molecule has 4 nitrogen and oxygen atoms in total. The Hall–Kier alpha value is -1.71. The third-order valence-corrected chi connectivity index (χ3v) is 5.06. The van der Waals surface area contributed by atoms with Gasteiger partial charge < -0.3 is 15.4 Å². The van der Waals surface area contributed by atoms with Gasteiger partial charge in [-0.25, -0.2) is 0 Å². The molecule has 21 heavy (non-hydrogen) atoms. The van der Waals surface area contributed by atoms with Crippen LogP contribution in [0.4, 0.5) is 5.69 Å². The summed E-state index contributed by atoms with van der Waals surface area (Å²) in [6.45, 7) is 1.79. The van der Waals surface area contributed by atoms with Gasteiger partial charge in [-0.1, -0.05) is 19.3 Å². The van der Waals surface area contributed by atoms with Gasteiger partial charge >= 0.3 is 0 Å². The van der Waals surface area contributed by atoms with Crippen LogP contribution in [-0.2, 0) is 0 Å². The standard InChI is InChI=1S/C17H24N2O2/c1-21-16-10-13(6-7-15(16)18)17(20)19-9-8-12-4-2-3-5-14(12)11-19/h6-7,10,12,14H,2-5,8-9,11,18H2,1H3. The average molecular weight is 288 g/mol. The van der Waals surface area contributed by atoms with Crippen molar-refractivity contribution in [3.63, 3.8) is 0 Å². The number of methoxy groups -OCH3 is 1. The van der Waals surface area contributed by atoms with Gasteiger partial charge in [-0.3, -0.25) is 4.79 Å². The second kappa shape index (κ2) is 5.96. The maximum absolute atomic E-state index is 12.7. The molecule has 4 heteroatoms. The predicted molar refractivity (Wildman–Crippen MR) is 83.4 cm³/mol. The first-order valence-electron chi connectivity index (χ1n) is 7.92. The first-order chi connectivity index (χ1) is 10.2. The Balaban J connectivity index is 1.73. The lowest BCUT2D eigenvalue weighted by Crippen LogP contribution is -2.44. The summed E-state index contributed by atoms with van der Waals surface area (Å²) in [5.41, 5.74) is 7.06.